The molecule has 11 nitrogen and oxygen atoms in total. The second-order valence-electron chi connectivity index (χ2n) is 11.3. The van der Waals surface area contributed by atoms with Crippen molar-refractivity contribution in [1.82, 2.24) is 24.8 Å². The first-order chi connectivity index (χ1) is 21.8. The van der Waals surface area contributed by atoms with Crippen LogP contribution in [0.5, 0.6) is 0 Å². The van der Waals surface area contributed by atoms with Gasteiger partial charge in [0.1, 0.15) is 17.4 Å². The molecular weight excluding hydrogens is 604 g/mol. The maximum absolute atomic E-state index is 14.2. The Bertz CT molecular complexity index is 1740. The van der Waals surface area contributed by atoms with E-state index in [1.54, 1.807) is 48.5 Å². The number of halogens is 2. The third-order valence-electron chi connectivity index (χ3n) is 8.24. The van der Waals surface area contributed by atoms with Gasteiger partial charge >= 0.3 is 0 Å². The van der Waals surface area contributed by atoms with Crippen LogP contribution in [0.1, 0.15) is 37.9 Å². The number of aromatic nitrogens is 4. The smallest absolute Gasteiger partial charge is 0.296 e. The van der Waals surface area contributed by atoms with Crippen molar-refractivity contribution in [3.8, 4) is 5.82 Å². The number of sulfone groups is 1. The van der Waals surface area contributed by atoms with Crippen LogP contribution >= 0.6 is 0 Å². The molecule has 0 atom stereocenters. The first-order valence-corrected chi connectivity index (χ1v) is 16.7. The van der Waals surface area contributed by atoms with E-state index in [-0.39, 0.29) is 22.7 Å². The van der Waals surface area contributed by atoms with Crippen LogP contribution in [-0.2, 0) is 19.4 Å². The van der Waals surface area contributed by atoms with Crippen molar-refractivity contribution in [2.75, 3.05) is 48.8 Å². The molecule has 2 aromatic carbocycles. The van der Waals surface area contributed by atoms with Crippen molar-refractivity contribution in [3.05, 3.63) is 66.5 Å². The van der Waals surface area contributed by atoms with Crippen LogP contribution in [0, 0.1) is 5.92 Å². The summed E-state index contributed by atoms with van der Waals surface area (Å²) in [6.45, 7) is 2.71. The second-order valence-corrected chi connectivity index (χ2v) is 13.3. The van der Waals surface area contributed by atoms with E-state index in [1.807, 2.05) is 0 Å². The molecule has 6 rings (SSSR count). The van der Waals surface area contributed by atoms with Crippen LogP contribution in [0.25, 0.3) is 16.9 Å². The average molecular weight is 640 g/mol. The number of rotatable bonds is 10. The van der Waals surface area contributed by atoms with Crippen molar-refractivity contribution in [3.63, 3.8) is 0 Å². The fourth-order valence-electron chi connectivity index (χ4n) is 5.87. The number of carbonyl (C=O) groups is 1. The van der Waals surface area contributed by atoms with Crippen molar-refractivity contribution >= 4 is 38.5 Å². The summed E-state index contributed by atoms with van der Waals surface area (Å²) in [5, 5.41) is 6.22. The lowest BCUT2D eigenvalue weighted by Crippen LogP contribution is -2.37. The lowest BCUT2D eigenvalue weighted by molar-refractivity contribution is -0.118. The predicted molar refractivity (Wildman–Crippen MR) is 166 cm³/mol. The Morgan fingerprint density at radius 3 is 2.36 bits per heavy atom. The van der Waals surface area contributed by atoms with Gasteiger partial charge in [-0.05, 0) is 55.9 Å². The van der Waals surface area contributed by atoms with Gasteiger partial charge in [-0.3, -0.25) is 9.36 Å². The Kier molecular flexibility index (Phi) is 9.21. The number of morpholine rings is 1. The molecule has 1 saturated heterocycles. The van der Waals surface area contributed by atoms with Gasteiger partial charge < -0.3 is 20.3 Å². The summed E-state index contributed by atoms with van der Waals surface area (Å²) < 4.78 is 60.3. The average Bonchev–Trinajstić information content (AvgIpc) is 3.45. The molecule has 1 amide bonds. The van der Waals surface area contributed by atoms with Crippen LogP contribution in [0.2, 0.25) is 0 Å². The molecule has 45 heavy (non-hydrogen) atoms. The van der Waals surface area contributed by atoms with E-state index in [4.69, 9.17) is 14.7 Å². The summed E-state index contributed by atoms with van der Waals surface area (Å²) in [6.07, 6.45) is 0.367. The van der Waals surface area contributed by atoms with Crippen LogP contribution in [0.3, 0.4) is 0 Å². The van der Waals surface area contributed by atoms with Gasteiger partial charge in [-0.1, -0.05) is 30.3 Å². The quantitative estimate of drug-likeness (QED) is 0.263. The van der Waals surface area contributed by atoms with E-state index in [0.29, 0.717) is 61.5 Å². The van der Waals surface area contributed by atoms with Gasteiger partial charge in [-0.25, -0.2) is 22.2 Å². The Labute approximate surface area is 259 Å². The molecule has 4 aromatic rings. The first-order valence-electron chi connectivity index (χ1n) is 15.1. The highest BCUT2D eigenvalue weighted by Crippen LogP contribution is 2.31. The fourth-order valence-corrected chi connectivity index (χ4v) is 7.06. The maximum atomic E-state index is 14.2. The molecule has 3 heterocycles. The summed E-state index contributed by atoms with van der Waals surface area (Å²) in [7, 11) is -3.70. The molecule has 2 N–H and O–H groups in total. The number of anilines is 2. The van der Waals surface area contributed by atoms with E-state index in [1.165, 1.54) is 16.7 Å². The number of hydrogen-bond donors (Lipinski definition) is 2. The molecule has 2 fully saturated rings. The third-order valence-corrected chi connectivity index (χ3v) is 9.87. The second kappa shape index (κ2) is 13.4. The number of imidazole rings is 1. The number of hydrogen-bond acceptors (Lipinski definition) is 9. The fraction of sp³-hybridized carbons (Fsp3) is 0.419. The predicted octanol–water partition coefficient (Wildman–Crippen LogP) is 4.15. The van der Waals surface area contributed by atoms with E-state index in [0.717, 1.165) is 25.7 Å². The van der Waals surface area contributed by atoms with Crippen molar-refractivity contribution in [2.45, 2.75) is 43.0 Å². The molecule has 1 saturated carbocycles. The van der Waals surface area contributed by atoms with Gasteiger partial charge in [-0.15, -0.1) is 0 Å². The molecule has 1 aliphatic heterocycles. The summed E-state index contributed by atoms with van der Waals surface area (Å²) in [5.41, 5.74) is 0.987. The van der Waals surface area contributed by atoms with Crippen LogP contribution < -0.4 is 15.5 Å². The summed E-state index contributed by atoms with van der Waals surface area (Å²) in [6, 6.07) is 16.7. The number of fused-ring (bicyclic) bond motifs is 1. The maximum Gasteiger partial charge on any atom is 0.296 e. The summed E-state index contributed by atoms with van der Waals surface area (Å²) in [4.78, 5) is 28.3. The van der Waals surface area contributed by atoms with Gasteiger partial charge in [0.25, 0.3) is 6.43 Å². The highest BCUT2D eigenvalue weighted by atomic mass is 32.2. The van der Waals surface area contributed by atoms with Crippen molar-refractivity contribution in [2.24, 2.45) is 5.92 Å². The van der Waals surface area contributed by atoms with E-state index < -0.39 is 27.9 Å². The zero-order chi connectivity index (χ0) is 31.4. The number of nitrogens with one attached hydrogen (secondary N) is 2. The van der Waals surface area contributed by atoms with Gasteiger partial charge in [-0.2, -0.15) is 9.97 Å². The SMILES string of the molecule is O=C(CS(=O)(=O)c1ccccc1)NC[C@H]1CC[C@H](Nc2nc(N3CCOCC3)cc(-n3c(C(F)F)nc4ccccc43)n2)CC1. The zero-order valence-electron chi connectivity index (χ0n) is 24.6. The minimum Gasteiger partial charge on any atom is -0.378 e. The molecule has 0 spiro atoms. The number of ether oxygens (including phenoxy) is 1. The Balaban J connectivity index is 1.13. The van der Waals surface area contributed by atoms with Crippen molar-refractivity contribution < 1.29 is 26.7 Å². The molecule has 0 radical (unpaired) electrons. The van der Waals surface area contributed by atoms with E-state index >= 15 is 0 Å². The zero-order valence-corrected chi connectivity index (χ0v) is 25.4. The van der Waals surface area contributed by atoms with Gasteiger partial charge in [0.2, 0.25) is 11.9 Å². The summed E-state index contributed by atoms with van der Waals surface area (Å²) in [5.74, 6) is -0.0241. The first kappa shape index (κ1) is 30.8. The minimum atomic E-state index is -3.70. The third kappa shape index (κ3) is 7.22. The molecule has 0 bridgehead atoms. The molecule has 1 aliphatic carbocycles. The topological polar surface area (TPSA) is 131 Å². The van der Waals surface area contributed by atoms with E-state index in [2.05, 4.69) is 20.5 Å². The van der Waals surface area contributed by atoms with Gasteiger partial charge in [0.15, 0.2) is 15.7 Å². The largest absolute Gasteiger partial charge is 0.378 e. The van der Waals surface area contributed by atoms with E-state index in [9.17, 15) is 22.0 Å². The van der Waals surface area contributed by atoms with Crippen LogP contribution in [0.15, 0.2) is 65.6 Å². The summed E-state index contributed by atoms with van der Waals surface area (Å²) >= 11 is 0. The molecule has 2 aliphatic rings. The number of benzene rings is 2. The molecule has 2 aromatic heterocycles. The Morgan fingerprint density at radius 2 is 1.62 bits per heavy atom. The highest BCUT2D eigenvalue weighted by Gasteiger charge is 2.26. The number of alkyl halides is 2. The monoisotopic (exact) mass is 639 g/mol. The number of amides is 1. The lowest BCUT2D eigenvalue weighted by atomic mass is 9.86. The standard InChI is InChI=1S/C31H35F2N7O4S/c32-29(33)30-36-24-8-4-5-9-25(24)40(30)27-18-26(39-14-16-44-17-15-39)37-31(38-27)35-22-12-10-21(11-13-22)19-34-28(41)20-45(42,43)23-6-2-1-3-7-23/h1-9,18,21-22,29H,10-17,19-20H2,(H,34,41)(H,35,37,38)/t21-,22-. The van der Waals surface area contributed by atoms with Crippen LogP contribution in [-0.4, -0.2) is 78.5 Å². The normalized spacial score (nSPS) is 19.1. The van der Waals surface area contributed by atoms with Gasteiger partial charge in [0.05, 0.1) is 29.1 Å². The van der Waals surface area contributed by atoms with Crippen molar-refractivity contribution in [1.29, 1.82) is 0 Å². The van der Waals surface area contributed by atoms with Gasteiger partial charge in [0, 0.05) is 31.7 Å². The van der Waals surface area contributed by atoms with Crippen LogP contribution in [0.4, 0.5) is 20.5 Å². The molecular formula is C31H35F2N7O4S. The lowest BCUT2D eigenvalue weighted by Gasteiger charge is -2.31. The molecule has 14 heteroatoms. The Hall–Kier alpha value is -4.17. The number of carbonyl (C=O) groups excluding carboxylic acids is 1. The minimum absolute atomic E-state index is 0.0392. The number of nitrogens with zero attached hydrogens (tertiary/aromatic N) is 5. The Morgan fingerprint density at radius 1 is 0.933 bits per heavy atom. The highest BCUT2D eigenvalue weighted by molar-refractivity contribution is 7.92. The number of para-hydroxylation sites is 2. The molecule has 238 valence electrons. The molecule has 0 unspecified atom stereocenters.